The molecule has 3 N–H and O–H groups in total. The van der Waals surface area contributed by atoms with Crippen molar-refractivity contribution in [2.75, 3.05) is 0 Å². The Bertz CT molecular complexity index is 307. The van der Waals surface area contributed by atoms with Gasteiger partial charge in [0.25, 0.3) is 0 Å². The molecule has 1 unspecified atom stereocenters. The van der Waals surface area contributed by atoms with Crippen molar-refractivity contribution in [3.8, 4) is 0 Å². The van der Waals surface area contributed by atoms with Crippen molar-refractivity contribution in [2.24, 2.45) is 11.8 Å². The summed E-state index contributed by atoms with van der Waals surface area (Å²) in [6.07, 6.45) is 6.77. The van der Waals surface area contributed by atoms with E-state index in [9.17, 15) is 0 Å². The molecular formula is C11H17IN2S. The van der Waals surface area contributed by atoms with Gasteiger partial charge in [-0.05, 0) is 58.4 Å². The van der Waals surface area contributed by atoms with Crippen molar-refractivity contribution in [3.05, 3.63) is 19.9 Å². The summed E-state index contributed by atoms with van der Waals surface area (Å²) in [4.78, 5) is 0. The van der Waals surface area contributed by atoms with Gasteiger partial charge >= 0.3 is 0 Å². The van der Waals surface area contributed by atoms with Gasteiger partial charge in [-0.15, -0.1) is 11.3 Å². The van der Waals surface area contributed by atoms with Gasteiger partial charge in [0.05, 0.1) is 2.88 Å². The second kappa shape index (κ2) is 5.61. The van der Waals surface area contributed by atoms with Crippen LogP contribution in [-0.2, 0) is 0 Å². The van der Waals surface area contributed by atoms with Crippen molar-refractivity contribution in [2.45, 2.75) is 38.1 Å². The van der Waals surface area contributed by atoms with Crippen LogP contribution in [0.5, 0.6) is 0 Å². The molecule has 1 aromatic heterocycles. The van der Waals surface area contributed by atoms with Crippen LogP contribution in [0, 0.1) is 8.80 Å². The SMILES string of the molecule is NNC(c1csc(I)c1)C1CCCCC1. The summed E-state index contributed by atoms with van der Waals surface area (Å²) >= 11 is 4.17. The third-order valence-electron chi connectivity index (χ3n) is 3.25. The van der Waals surface area contributed by atoms with Gasteiger partial charge in [0.1, 0.15) is 0 Å². The highest BCUT2D eigenvalue weighted by Gasteiger charge is 2.24. The summed E-state index contributed by atoms with van der Waals surface area (Å²) in [5.74, 6) is 6.43. The molecule has 2 nitrogen and oxygen atoms in total. The number of rotatable bonds is 3. The average molecular weight is 336 g/mol. The van der Waals surface area contributed by atoms with Gasteiger partial charge in [-0.1, -0.05) is 19.3 Å². The number of nitrogens with two attached hydrogens (primary N) is 1. The largest absolute Gasteiger partial charge is 0.271 e. The standard InChI is InChI=1S/C11H17IN2S/c12-10-6-9(7-15-10)11(14-13)8-4-2-1-3-5-8/h6-8,11,14H,1-5,13H2. The van der Waals surface area contributed by atoms with Crippen LogP contribution < -0.4 is 11.3 Å². The molecule has 0 radical (unpaired) electrons. The molecular weight excluding hydrogens is 319 g/mol. The number of hydrogen-bond donors (Lipinski definition) is 2. The third-order valence-corrected chi connectivity index (χ3v) is 5.05. The minimum Gasteiger partial charge on any atom is -0.271 e. The van der Waals surface area contributed by atoms with Gasteiger partial charge in [0.2, 0.25) is 0 Å². The van der Waals surface area contributed by atoms with Gasteiger partial charge in [-0.2, -0.15) is 0 Å². The second-order valence-electron chi connectivity index (χ2n) is 4.23. The molecule has 0 aromatic carbocycles. The summed E-state index contributed by atoms with van der Waals surface area (Å²) in [6.45, 7) is 0. The minimum absolute atomic E-state index is 0.366. The molecule has 1 atom stereocenters. The molecule has 0 aliphatic heterocycles. The van der Waals surface area contributed by atoms with Crippen molar-refractivity contribution in [1.29, 1.82) is 0 Å². The van der Waals surface area contributed by atoms with E-state index in [-0.39, 0.29) is 0 Å². The fourth-order valence-corrected chi connectivity index (χ4v) is 3.87. The summed E-state index contributed by atoms with van der Waals surface area (Å²) in [7, 11) is 0. The van der Waals surface area contributed by atoms with Crippen molar-refractivity contribution in [3.63, 3.8) is 0 Å². The van der Waals surface area contributed by atoms with Crippen LogP contribution in [0.4, 0.5) is 0 Å². The summed E-state index contributed by atoms with van der Waals surface area (Å²) in [6, 6.07) is 2.62. The molecule has 0 bridgehead atoms. The molecule has 4 heteroatoms. The maximum Gasteiger partial charge on any atom is 0.0656 e. The number of halogens is 1. The molecule has 1 aromatic rings. The highest BCUT2D eigenvalue weighted by molar-refractivity contribution is 14.1. The first-order valence-corrected chi connectivity index (χ1v) is 7.47. The van der Waals surface area contributed by atoms with Crippen LogP contribution in [-0.4, -0.2) is 0 Å². The van der Waals surface area contributed by atoms with E-state index < -0.39 is 0 Å². The Morgan fingerprint density at radius 3 is 2.67 bits per heavy atom. The monoisotopic (exact) mass is 336 g/mol. The predicted octanol–water partition coefficient (Wildman–Crippen LogP) is 3.44. The maximum absolute atomic E-state index is 5.70. The first-order chi connectivity index (χ1) is 7.31. The van der Waals surface area contributed by atoms with Gasteiger partial charge in [0, 0.05) is 6.04 Å². The zero-order valence-corrected chi connectivity index (χ0v) is 11.7. The molecule has 1 fully saturated rings. The van der Waals surface area contributed by atoms with Gasteiger partial charge in [-0.3, -0.25) is 11.3 Å². The maximum atomic E-state index is 5.70. The molecule has 2 rings (SSSR count). The van der Waals surface area contributed by atoms with E-state index in [0.717, 1.165) is 5.92 Å². The molecule has 1 aliphatic rings. The fourth-order valence-electron chi connectivity index (χ4n) is 2.46. The Morgan fingerprint density at radius 2 is 2.13 bits per heavy atom. The van der Waals surface area contributed by atoms with Crippen LogP contribution in [0.2, 0.25) is 0 Å². The Balaban J connectivity index is 2.08. The normalized spacial score (nSPS) is 20.4. The highest BCUT2D eigenvalue weighted by Crippen LogP contribution is 2.35. The number of hydrazine groups is 1. The van der Waals surface area contributed by atoms with Crippen molar-refractivity contribution >= 4 is 33.9 Å². The van der Waals surface area contributed by atoms with Crippen molar-refractivity contribution < 1.29 is 0 Å². The smallest absolute Gasteiger partial charge is 0.0656 e. The van der Waals surface area contributed by atoms with E-state index in [1.807, 2.05) is 0 Å². The number of thiophene rings is 1. The van der Waals surface area contributed by atoms with Crippen LogP contribution in [0.3, 0.4) is 0 Å². The van der Waals surface area contributed by atoms with E-state index >= 15 is 0 Å². The van der Waals surface area contributed by atoms with E-state index in [4.69, 9.17) is 5.84 Å². The lowest BCUT2D eigenvalue weighted by molar-refractivity contribution is 0.274. The van der Waals surface area contributed by atoms with E-state index in [1.54, 1.807) is 11.3 Å². The zero-order valence-electron chi connectivity index (χ0n) is 8.71. The molecule has 0 spiro atoms. The quantitative estimate of drug-likeness (QED) is 0.504. The molecule has 0 amide bonds. The molecule has 1 heterocycles. The first-order valence-electron chi connectivity index (χ1n) is 5.51. The molecule has 0 saturated heterocycles. The second-order valence-corrected chi connectivity index (χ2v) is 7.03. The number of hydrogen-bond acceptors (Lipinski definition) is 3. The van der Waals surface area contributed by atoms with Gasteiger partial charge in [0.15, 0.2) is 0 Å². The highest BCUT2D eigenvalue weighted by atomic mass is 127. The lowest BCUT2D eigenvalue weighted by Crippen LogP contribution is -2.34. The van der Waals surface area contributed by atoms with Crippen LogP contribution in [0.15, 0.2) is 11.4 Å². The van der Waals surface area contributed by atoms with E-state index in [0.29, 0.717) is 6.04 Å². The summed E-state index contributed by atoms with van der Waals surface area (Å²) in [5.41, 5.74) is 4.38. The van der Waals surface area contributed by atoms with Crippen LogP contribution in [0.25, 0.3) is 0 Å². The lowest BCUT2D eigenvalue weighted by atomic mass is 9.82. The fraction of sp³-hybridized carbons (Fsp3) is 0.636. The minimum atomic E-state index is 0.366. The lowest BCUT2D eigenvalue weighted by Gasteiger charge is -2.29. The van der Waals surface area contributed by atoms with Gasteiger partial charge < -0.3 is 0 Å². The molecule has 84 valence electrons. The Kier molecular flexibility index (Phi) is 4.42. The zero-order chi connectivity index (χ0) is 10.7. The van der Waals surface area contributed by atoms with E-state index in [1.165, 1.54) is 40.6 Å². The van der Waals surface area contributed by atoms with Crippen LogP contribution in [0.1, 0.15) is 43.7 Å². The van der Waals surface area contributed by atoms with Crippen LogP contribution >= 0.6 is 33.9 Å². The van der Waals surface area contributed by atoms with E-state index in [2.05, 4.69) is 39.5 Å². The third kappa shape index (κ3) is 2.93. The topological polar surface area (TPSA) is 38.0 Å². The molecule has 15 heavy (non-hydrogen) atoms. The predicted molar refractivity (Wildman–Crippen MR) is 73.7 cm³/mol. The summed E-state index contributed by atoms with van der Waals surface area (Å²) < 4.78 is 1.35. The number of nitrogens with one attached hydrogen (secondary N) is 1. The summed E-state index contributed by atoms with van der Waals surface area (Å²) in [5, 5.41) is 2.24. The molecule has 1 aliphatic carbocycles. The first kappa shape index (κ1) is 11.8. The van der Waals surface area contributed by atoms with Gasteiger partial charge in [-0.25, -0.2) is 0 Å². The Hall–Kier alpha value is 0.350. The molecule has 1 saturated carbocycles. The Labute approximate surface area is 109 Å². The Morgan fingerprint density at radius 1 is 1.40 bits per heavy atom. The van der Waals surface area contributed by atoms with Crippen molar-refractivity contribution in [1.82, 2.24) is 5.43 Å². The average Bonchev–Trinajstić information content (AvgIpc) is 2.68.